The fraction of sp³-hybridized carbons (Fsp3) is 1.00. The second-order valence-electron chi connectivity index (χ2n) is 4.68. The second kappa shape index (κ2) is 1.99. The normalized spacial score (nSPS) is 62.4. The first-order valence-corrected chi connectivity index (χ1v) is 7.30. The molecule has 1 aliphatic carbocycles. The van der Waals surface area contributed by atoms with Crippen molar-refractivity contribution in [3.8, 4) is 0 Å². The minimum Gasteiger partial charge on any atom is -0.365 e. The second-order valence-corrected chi connectivity index (χ2v) is 8.02. The summed E-state index contributed by atoms with van der Waals surface area (Å²) in [6, 6.07) is 0. The van der Waals surface area contributed by atoms with Crippen LogP contribution in [0.2, 0.25) is 0 Å². The van der Waals surface area contributed by atoms with Crippen LogP contribution in [0, 0.1) is 0 Å². The van der Waals surface area contributed by atoms with Crippen molar-refractivity contribution in [1.29, 1.82) is 0 Å². The van der Waals surface area contributed by atoms with E-state index in [0.717, 1.165) is 12.6 Å². The summed E-state index contributed by atoms with van der Waals surface area (Å²) in [5.74, 6) is 0. The van der Waals surface area contributed by atoms with E-state index in [1.807, 2.05) is 6.66 Å². The summed E-state index contributed by atoms with van der Waals surface area (Å²) in [4.78, 5) is 0. The lowest BCUT2D eigenvalue weighted by Gasteiger charge is -2.29. The zero-order valence-electron chi connectivity index (χ0n) is 7.45. The molecule has 4 atom stereocenters. The van der Waals surface area contributed by atoms with E-state index in [-0.39, 0.29) is 5.60 Å². The van der Waals surface area contributed by atoms with Crippen LogP contribution < -0.4 is 0 Å². The summed E-state index contributed by atoms with van der Waals surface area (Å²) in [5.41, 5.74) is 0.562. The lowest BCUT2D eigenvalue weighted by atomic mass is 9.87. The molecule has 2 aliphatic heterocycles. The first-order chi connectivity index (χ1) is 5.65. The summed E-state index contributed by atoms with van der Waals surface area (Å²) in [7, 11) is -1.82. The number of hydrogen-bond donors (Lipinski definition) is 0. The molecule has 3 rings (SSSR count). The lowest BCUT2D eigenvalue weighted by molar-refractivity contribution is 0.231. The molecule has 12 heavy (non-hydrogen) atoms. The van der Waals surface area contributed by atoms with Crippen molar-refractivity contribution < 1.29 is 9.30 Å². The third-order valence-corrected chi connectivity index (χ3v) is 6.97. The number of ether oxygens (including phenoxy) is 1. The van der Waals surface area contributed by atoms with Gasteiger partial charge in [-0.05, 0) is 19.5 Å². The Kier molecular flexibility index (Phi) is 1.25. The molecule has 0 aromatic rings. The van der Waals surface area contributed by atoms with E-state index in [4.69, 9.17) is 4.74 Å². The maximum absolute atomic E-state index is 12.1. The Hall–Kier alpha value is 0.190. The van der Waals surface area contributed by atoms with Gasteiger partial charge in [-0.2, -0.15) is 0 Å². The fourth-order valence-corrected chi connectivity index (χ4v) is 6.58. The molecule has 0 amide bonds. The van der Waals surface area contributed by atoms with Crippen molar-refractivity contribution in [3.63, 3.8) is 0 Å². The van der Waals surface area contributed by atoms with Crippen LogP contribution in [0.3, 0.4) is 0 Å². The zero-order chi connectivity index (χ0) is 8.40. The molecule has 0 bridgehead atoms. The van der Waals surface area contributed by atoms with Crippen molar-refractivity contribution in [2.75, 3.05) is 12.8 Å². The van der Waals surface area contributed by atoms with Crippen molar-refractivity contribution in [2.45, 2.75) is 43.0 Å². The van der Waals surface area contributed by atoms with Crippen molar-refractivity contribution >= 4 is 7.14 Å². The Bertz CT molecular complexity index is 276. The summed E-state index contributed by atoms with van der Waals surface area (Å²) in [6.07, 6.45) is 6.15. The summed E-state index contributed by atoms with van der Waals surface area (Å²) in [5, 5.41) is 0. The number of hydrogen-bond acceptors (Lipinski definition) is 2. The molecule has 3 aliphatic rings. The van der Waals surface area contributed by atoms with Gasteiger partial charge in [0.1, 0.15) is 5.60 Å². The molecule has 2 saturated heterocycles. The van der Waals surface area contributed by atoms with Gasteiger partial charge in [0, 0.05) is 11.8 Å². The molecule has 1 spiro atoms. The Balaban J connectivity index is 1.99. The summed E-state index contributed by atoms with van der Waals surface area (Å²) >= 11 is 0. The van der Waals surface area contributed by atoms with Gasteiger partial charge in [0.15, 0.2) is 0 Å². The van der Waals surface area contributed by atoms with E-state index in [0.29, 0.717) is 11.8 Å². The van der Waals surface area contributed by atoms with E-state index in [2.05, 4.69) is 0 Å². The third kappa shape index (κ3) is 0.736. The molecule has 0 aromatic heterocycles. The van der Waals surface area contributed by atoms with Crippen LogP contribution in [-0.2, 0) is 9.30 Å². The van der Waals surface area contributed by atoms with Gasteiger partial charge in [0.2, 0.25) is 0 Å². The number of epoxide rings is 1. The van der Waals surface area contributed by atoms with Crippen LogP contribution in [0.15, 0.2) is 0 Å². The molecular weight excluding hydrogens is 171 g/mol. The molecule has 3 fully saturated rings. The molecule has 0 aromatic carbocycles. The minimum atomic E-state index is -1.82. The predicted molar refractivity (Wildman–Crippen MR) is 48.3 cm³/mol. The highest BCUT2D eigenvalue weighted by atomic mass is 31.2. The Morgan fingerprint density at radius 2 is 2.33 bits per heavy atom. The van der Waals surface area contributed by atoms with Gasteiger partial charge in [-0.25, -0.2) is 0 Å². The smallest absolute Gasteiger partial charge is 0.105 e. The van der Waals surface area contributed by atoms with Crippen LogP contribution in [0.5, 0.6) is 0 Å². The molecular formula is C9H15O2P. The van der Waals surface area contributed by atoms with E-state index >= 15 is 0 Å². The molecule has 0 N–H and O–H groups in total. The summed E-state index contributed by atoms with van der Waals surface area (Å²) in [6.45, 7) is 1.99. The standard InChI is InChI=1S/C9H15O2P/c1-12(10)6-7-9(11-7)5-3-2-4-8(9)12/h7-8H,2-6H2,1H3/t7-,8+,9-,12-/m0/s1. The van der Waals surface area contributed by atoms with Crippen LogP contribution in [0.25, 0.3) is 0 Å². The van der Waals surface area contributed by atoms with E-state index in [9.17, 15) is 4.57 Å². The Morgan fingerprint density at radius 3 is 3.08 bits per heavy atom. The van der Waals surface area contributed by atoms with Crippen molar-refractivity contribution in [3.05, 3.63) is 0 Å². The van der Waals surface area contributed by atoms with Gasteiger partial charge in [-0.15, -0.1) is 0 Å². The third-order valence-electron chi connectivity index (χ3n) is 3.90. The molecule has 1 saturated carbocycles. The van der Waals surface area contributed by atoms with Crippen LogP contribution in [0.4, 0.5) is 0 Å². The number of rotatable bonds is 0. The van der Waals surface area contributed by atoms with Crippen molar-refractivity contribution in [1.82, 2.24) is 0 Å². The Morgan fingerprint density at radius 1 is 1.50 bits per heavy atom. The van der Waals surface area contributed by atoms with Crippen LogP contribution >= 0.6 is 7.14 Å². The van der Waals surface area contributed by atoms with Gasteiger partial charge < -0.3 is 9.30 Å². The highest BCUT2D eigenvalue weighted by Crippen LogP contribution is 2.71. The van der Waals surface area contributed by atoms with Gasteiger partial charge in [0.05, 0.1) is 13.2 Å². The highest BCUT2D eigenvalue weighted by molar-refractivity contribution is 7.64. The van der Waals surface area contributed by atoms with E-state index in [1.165, 1.54) is 19.3 Å². The minimum absolute atomic E-state index is 0.128. The maximum atomic E-state index is 12.1. The van der Waals surface area contributed by atoms with Gasteiger partial charge in [-0.3, -0.25) is 0 Å². The monoisotopic (exact) mass is 186 g/mol. The van der Waals surface area contributed by atoms with E-state index < -0.39 is 7.14 Å². The summed E-state index contributed by atoms with van der Waals surface area (Å²) < 4.78 is 17.8. The average molecular weight is 186 g/mol. The van der Waals surface area contributed by atoms with Crippen LogP contribution in [-0.4, -0.2) is 30.2 Å². The van der Waals surface area contributed by atoms with Gasteiger partial charge in [0.25, 0.3) is 0 Å². The van der Waals surface area contributed by atoms with Crippen LogP contribution in [0.1, 0.15) is 25.7 Å². The zero-order valence-corrected chi connectivity index (χ0v) is 8.35. The first kappa shape index (κ1) is 7.58. The lowest BCUT2D eigenvalue weighted by Crippen LogP contribution is -2.30. The molecule has 0 unspecified atom stereocenters. The first-order valence-electron chi connectivity index (χ1n) is 4.89. The average Bonchev–Trinajstić information content (AvgIpc) is 2.57. The maximum Gasteiger partial charge on any atom is 0.105 e. The fourth-order valence-electron chi connectivity index (χ4n) is 3.28. The van der Waals surface area contributed by atoms with E-state index in [1.54, 1.807) is 0 Å². The van der Waals surface area contributed by atoms with Gasteiger partial charge >= 0.3 is 0 Å². The molecule has 3 heteroatoms. The van der Waals surface area contributed by atoms with Gasteiger partial charge in [-0.1, -0.05) is 12.8 Å². The molecule has 68 valence electrons. The molecule has 0 radical (unpaired) electrons. The largest absolute Gasteiger partial charge is 0.365 e. The molecule has 2 heterocycles. The Labute approximate surface area is 73.0 Å². The SMILES string of the molecule is C[P@]1(=O)C[C@@H]2O[C@@]23CCCC[C@H]31. The van der Waals surface area contributed by atoms with Crippen molar-refractivity contribution in [2.24, 2.45) is 0 Å². The topological polar surface area (TPSA) is 29.6 Å². The molecule has 2 nitrogen and oxygen atoms in total. The quantitative estimate of drug-likeness (QED) is 0.428. The highest BCUT2D eigenvalue weighted by Gasteiger charge is 2.71. The predicted octanol–water partition coefficient (Wildman–Crippen LogP) is 2.07.